The Morgan fingerprint density at radius 2 is 1.90 bits per heavy atom. The maximum Gasteiger partial charge on any atom is 0.277 e. The summed E-state index contributed by atoms with van der Waals surface area (Å²) in [6.07, 6.45) is 5.24. The van der Waals surface area contributed by atoms with Gasteiger partial charge in [0.25, 0.3) is 11.5 Å². The molecule has 42 heavy (non-hydrogen) atoms. The van der Waals surface area contributed by atoms with Crippen LogP contribution in [0, 0.1) is 0 Å². The first kappa shape index (κ1) is 25.4. The van der Waals surface area contributed by atoms with Crippen LogP contribution >= 0.6 is 0 Å². The highest BCUT2D eigenvalue weighted by Gasteiger charge is 2.25. The smallest absolute Gasteiger partial charge is 0.277 e. The fourth-order valence-electron chi connectivity index (χ4n) is 5.66. The van der Waals surface area contributed by atoms with Crippen molar-refractivity contribution in [1.82, 2.24) is 34.3 Å². The molecule has 0 radical (unpaired) electrons. The number of benzene rings is 2. The van der Waals surface area contributed by atoms with Gasteiger partial charge in [-0.25, -0.2) is 24.3 Å². The van der Waals surface area contributed by atoms with E-state index in [0.29, 0.717) is 33.9 Å². The Balaban J connectivity index is 1.10. The number of nitrogens with zero attached hydrogens (tertiary/aromatic N) is 7. The van der Waals surface area contributed by atoms with E-state index >= 15 is 0 Å². The summed E-state index contributed by atoms with van der Waals surface area (Å²) in [5, 5.41) is 3.67. The standard InChI is InChI=1S/C30H28N10O2/c1-38-29(42)22-16-33-30(37-28(22)40(38)24-9-2-3-14-32-24)34-19-10-12-20(13-11-19)39-15-5-6-18(17-39)27-35-23-8-4-7-21(26(31)41)25(23)36-27/h2-4,7-14,16,18H,5-6,15,17H2,1H3,(H2,31,41)(H,35,36)(H,33,34,37). The SMILES string of the molecule is Cn1c(=O)c2cnc(Nc3ccc(N4CCCC(c5nc6cccc(C(N)=O)c6[nH]5)C4)cc3)nc2n1-c1ccccn1. The predicted octanol–water partition coefficient (Wildman–Crippen LogP) is 3.62. The number of amides is 1. The first-order chi connectivity index (χ1) is 20.5. The van der Waals surface area contributed by atoms with E-state index in [2.05, 4.69) is 42.3 Å². The highest BCUT2D eigenvalue weighted by Crippen LogP contribution is 2.31. The quantitative estimate of drug-likeness (QED) is 0.279. The molecule has 1 aliphatic heterocycles. The van der Waals surface area contributed by atoms with Crippen molar-refractivity contribution < 1.29 is 4.79 Å². The molecule has 1 unspecified atom stereocenters. The first-order valence-corrected chi connectivity index (χ1v) is 13.7. The van der Waals surface area contributed by atoms with E-state index in [-0.39, 0.29) is 11.5 Å². The average Bonchev–Trinajstić information content (AvgIpc) is 3.56. The largest absolute Gasteiger partial charge is 0.371 e. The molecule has 0 spiro atoms. The summed E-state index contributed by atoms with van der Waals surface area (Å²) in [6.45, 7) is 1.74. The van der Waals surface area contributed by atoms with Gasteiger partial charge in [-0.1, -0.05) is 12.1 Å². The van der Waals surface area contributed by atoms with Crippen LogP contribution in [0.1, 0.15) is 34.9 Å². The number of fused-ring (bicyclic) bond motifs is 2. The molecule has 1 amide bonds. The Labute approximate surface area is 239 Å². The molecule has 4 aromatic heterocycles. The first-order valence-electron chi connectivity index (χ1n) is 13.7. The molecular formula is C30H28N10O2. The van der Waals surface area contributed by atoms with E-state index in [0.717, 1.165) is 48.6 Å². The maximum absolute atomic E-state index is 12.8. The topological polar surface area (TPSA) is 153 Å². The number of carbonyl (C=O) groups excluding carboxylic acids is 1. The lowest BCUT2D eigenvalue weighted by molar-refractivity contribution is 0.100. The molecule has 12 heteroatoms. The van der Waals surface area contributed by atoms with Crippen molar-refractivity contribution in [1.29, 1.82) is 0 Å². The van der Waals surface area contributed by atoms with Crippen molar-refractivity contribution in [3.63, 3.8) is 0 Å². The minimum absolute atomic E-state index is 0.192. The third-order valence-electron chi connectivity index (χ3n) is 7.76. The second-order valence-corrected chi connectivity index (χ2v) is 10.4. The zero-order valence-electron chi connectivity index (χ0n) is 22.9. The number of piperidine rings is 1. The summed E-state index contributed by atoms with van der Waals surface area (Å²) in [4.78, 5) is 48.5. The van der Waals surface area contributed by atoms with Gasteiger partial charge < -0.3 is 20.9 Å². The molecule has 2 aromatic carbocycles. The minimum Gasteiger partial charge on any atom is -0.371 e. The van der Waals surface area contributed by atoms with Crippen LogP contribution in [0.4, 0.5) is 17.3 Å². The van der Waals surface area contributed by atoms with Gasteiger partial charge in [0, 0.05) is 49.8 Å². The number of para-hydroxylation sites is 1. The van der Waals surface area contributed by atoms with Crippen LogP contribution in [0.15, 0.2) is 77.9 Å². The maximum atomic E-state index is 12.8. The summed E-state index contributed by atoms with van der Waals surface area (Å²) in [5.41, 5.74) is 9.67. The molecule has 210 valence electrons. The Morgan fingerprint density at radius 1 is 1.05 bits per heavy atom. The van der Waals surface area contributed by atoms with Crippen molar-refractivity contribution in [2.24, 2.45) is 12.8 Å². The molecule has 1 saturated heterocycles. The molecule has 1 atom stereocenters. The highest BCUT2D eigenvalue weighted by molar-refractivity contribution is 6.04. The van der Waals surface area contributed by atoms with Gasteiger partial charge in [0.05, 0.1) is 16.6 Å². The van der Waals surface area contributed by atoms with Crippen LogP contribution in [0.25, 0.3) is 27.9 Å². The summed E-state index contributed by atoms with van der Waals surface area (Å²) < 4.78 is 3.16. The Hall–Kier alpha value is -5.52. The van der Waals surface area contributed by atoms with E-state index in [1.807, 2.05) is 36.4 Å². The van der Waals surface area contributed by atoms with Gasteiger partial charge in [-0.05, 0) is 61.4 Å². The predicted molar refractivity (Wildman–Crippen MR) is 160 cm³/mol. The van der Waals surface area contributed by atoms with Crippen LogP contribution in [-0.4, -0.2) is 53.3 Å². The van der Waals surface area contributed by atoms with Gasteiger partial charge in [0.15, 0.2) is 11.5 Å². The second kappa shape index (κ2) is 10.1. The number of imidazole rings is 1. The van der Waals surface area contributed by atoms with Crippen molar-refractivity contribution in [3.05, 3.63) is 94.8 Å². The van der Waals surface area contributed by atoms with Gasteiger partial charge in [-0.15, -0.1) is 0 Å². The molecule has 5 heterocycles. The van der Waals surface area contributed by atoms with Gasteiger partial charge in [0.1, 0.15) is 11.2 Å². The number of primary amides is 1. The van der Waals surface area contributed by atoms with Gasteiger partial charge >= 0.3 is 0 Å². The minimum atomic E-state index is -0.466. The molecule has 0 saturated carbocycles. The molecule has 6 aromatic rings. The summed E-state index contributed by atoms with van der Waals surface area (Å²) in [5.74, 6) is 1.58. The molecule has 4 N–H and O–H groups in total. The number of nitrogens with two attached hydrogens (primary N) is 1. The molecule has 0 aliphatic carbocycles. The lowest BCUT2D eigenvalue weighted by Crippen LogP contribution is -2.34. The normalized spacial score (nSPS) is 15.4. The van der Waals surface area contributed by atoms with Crippen LogP contribution in [0.3, 0.4) is 0 Å². The van der Waals surface area contributed by atoms with Crippen LogP contribution in [0.5, 0.6) is 0 Å². The van der Waals surface area contributed by atoms with Crippen LogP contribution < -0.4 is 21.5 Å². The summed E-state index contributed by atoms with van der Waals surface area (Å²) in [6, 6.07) is 19.0. The zero-order chi connectivity index (χ0) is 28.8. The summed E-state index contributed by atoms with van der Waals surface area (Å²) in [7, 11) is 1.68. The molecule has 12 nitrogen and oxygen atoms in total. The van der Waals surface area contributed by atoms with E-state index in [1.165, 1.54) is 4.68 Å². The van der Waals surface area contributed by atoms with Crippen molar-refractivity contribution in [2.45, 2.75) is 18.8 Å². The fraction of sp³-hybridized carbons (Fsp3) is 0.200. The monoisotopic (exact) mass is 560 g/mol. The molecule has 1 aliphatic rings. The van der Waals surface area contributed by atoms with E-state index in [4.69, 9.17) is 10.7 Å². The Bertz CT molecular complexity index is 1990. The number of hydrogen-bond acceptors (Lipinski definition) is 8. The number of anilines is 3. The van der Waals surface area contributed by atoms with E-state index in [9.17, 15) is 9.59 Å². The number of rotatable bonds is 6. The van der Waals surface area contributed by atoms with Gasteiger partial charge in [0.2, 0.25) is 5.95 Å². The molecule has 7 rings (SSSR count). The van der Waals surface area contributed by atoms with Gasteiger partial charge in [-0.2, -0.15) is 4.98 Å². The van der Waals surface area contributed by atoms with Crippen molar-refractivity contribution in [3.8, 4) is 5.82 Å². The van der Waals surface area contributed by atoms with Crippen LogP contribution in [-0.2, 0) is 7.05 Å². The lowest BCUT2D eigenvalue weighted by Gasteiger charge is -2.33. The number of carbonyl (C=O) groups is 1. The Kier molecular flexibility index (Phi) is 6.15. The zero-order valence-corrected chi connectivity index (χ0v) is 22.9. The number of aromatic nitrogens is 7. The second-order valence-electron chi connectivity index (χ2n) is 10.4. The van der Waals surface area contributed by atoms with Crippen LogP contribution in [0.2, 0.25) is 0 Å². The number of aromatic amines is 1. The molecule has 0 bridgehead atoms. The number of nitrogens with one attached hydrogen (secondary N) is 2. The van der Waals surface area contributed by atoms with Crippen molar-refractivity contribution in [2.75, 3.05) is 23.3 Å². The third-order valence-corrected chi connectivity index (χ3v) is 7.76. The van der Waals surface area contributed by atoms with Gasteiger partial charge in [-0.3, -0.25) is 9.59 Å². The number of H-pyrrole nitrogens is 1. The number of pyridine rings is 1. The highest BCUT2D eigenvalue weighted by atomic mass is 16.1. The van der Waals surface area contributed by atoms with E-state index in [1.54, 1.807) is 36.3 Å². The average molecular weight is 561 g/mol. The fourth-order valence-corrected chi connectivity index (χ4v) is 5.66. The van der Waals surface area contributed by atoms with E-state index < -0.39 is 5.91 Å². The third kappa shape index (κ3) is 4.42. The molecular weight excluding hydrogens is 532 g/mol. The summed E-state index contributed by atoms with van der Waals surface area (Å²) >= 11 is 0. The number of hydrogen-bond donors (Lipinski definition) is 3. The lowest BCUT2D eigenvalue weighted by atomic mass is 9.97. The molecule has 1 fully saturated rings. The van der Waals surface area contributed by atoms with Crippen molar-refractivity contribution >= 4 is 45.3 Å². The Morgan fingerprint density at radius 3 is 2.69 bits per heavy atom.